The molecule has 0 saturated heterocycles. The molecule has 0 bridgehead atoms. The Hall–Kier alpha value is -2.04. The van der Waals surface area contributed by atoms with E-state index in [4.69, 9.17) is 4.74 Å². The molecule has 0 radical (unpaired) electrons. The molecule has 0 aromatic heterocycles. The van der Waals surface area contributed by atoms with Crippen molar-refractivity contribution < 1.29 is 14.3 Å². The van der Waals surface area contributed by atoms with Crippen LogP contribution < -0.4 is 15.4 Å². The molecule has 27 heavy (non-hydrogen) atoms. The number of para-hydroxylation sites is 1. The number of amides is 2. The maximum Gasteiger partial charge on any atom is 0.412 e. The molecule has 1 aromatic carbocycles. The molecular weight excluding hydrogens is 340 g/mol. The standard InChI is InChI=1S/C22H32N2O3/c1-16(25)23-19-11-7-17(8-12-19)15-18-9-13-20(14-10-18)24-22(26)27-21-5-3-2-4-6-21/h2-6,17-20H,7-15H2,1H3,(H,23,25)(H,24,26). The highest BCUT2D eigenvalue weighted by molar-refractivity contribution is 5.73. The van der Waals surface area contributed by atoms with Gasteiger partial charge in [-0.05, 0) is 81.8 Å². The van der Waals surface area contributed by atoms with Crippen LogP contribution in [0, 0.1) is 11.8 Å². The number of carbonyl (C=O) groups excluding carboxylic acids is 2. The van der Waals surface area contributed by atoms with Crippen LogP contribution in [0.1, 0.15) is 64.7 Å². The number of ether oxygens (including phenoxy) is 1. The van der Waals surface area contributed by atoms with E-state index in [1.54, 1.807) is 19.1 Å². The van der Waals surface area contributed by atoms with E-state index in [1.165, 1.54) is 32.1 Å². The molecule has 148 valence electrons. The molecule has 2 aliphatic carbocycles. The zero-order chi connectivity index (χ0) is 19.1. The Morgan fingerprint density at radius 1 is 0.852 bits per heavy atom. The first kappa shape index (κ1) is 19.7. The second kappa shape index (κ2) is 9.77. The summed E-state index contributed by atoms with van der Waals surface area (Å²) in [6, 6.07) is 9.81. The maximum absolute atomic E-state index is 12.0. The molecule has 2 aliphatic rings. The van der Waals surface area contributed by atoms with Crippen molar-refractivity contribution in [2.45, 2.75) is 76.8 Å². The Balaban J connectivity index is 1.32. The fourth-order valence-electron chi connectivity index (χ4n) is 4.64. The van der Waals surface area contributed by atoms with Crippen molar-refractivity contribution in [3.05, 3.63) is 30.3 Å². The molecule has 1 aromatic rings. The summed E-state index contributed by atoms with van der Waals surface area (Å²) in [6.45, 7) is 1.61. The molecule has 2 fully saturated rings. The zero-order valence-electron chi connectivity index (χ0n) is 16.3. The van der Waals surface area contributed by atoms with Gasteiger partial charge in [0.05, 0.1) is 0 Å². The molecule has 0 spiro atoms. The van der Waals surface area contributed by atoms with Gasteiger partial charge in [0.2, 0.25) is 5.91 Å². The van der Waals surface area contributed by atoms with E-state index in [0.717, 1.165) is 37.5 Å². The monoisotopic (exact) mass is 372 g/mol. The molecule has 2 amide bonds. The largest absolute Gasteiger partial charge is 0.412 e. The smallest absolute Gasteiger partial charge is 0.410 e. The maximum atomic E-state index is 12.0. The number of nitrogens with one attached hydrogen (secondary N) is 2. The average molecular weight is 373 g/mol. The lowest BCUT2D eigenvalue weighted by molar-refractivity contribution is -0.119. The van der Waals surface area contributed by atoms with Crippen LogP contribution in [0.15, 0.2) is 30.3 Å². The quantitative estimate of drug-likeness (QED) is 0.804. The highest BCUT2D eigenvalue weighted by Crippen LogP contribution is 2.35. The van der Waals surface area contributed by atoms with Gasteiger partial charge >= 0.3 is 6.09 Å². The second-order valence-corrected chi connectivity index (χ2v) is 8.22. The van der Waals surface area contributed by atoms with Crippen LogP contribution in [-0.4, -0.2) is 24.1 Å². The van der Waals surface area contributed by atoms with Crippen LogP contribution in [0.4, 0.5) is 4.79 Å². The summed E-state index contributed by atoms with van der Waals surface area (Å²) in [5.41, 5.74) is 0. The first-order valence-electron chi connectivity index (χ1n) is 10.4. The molecular formula is C22H32N2O3. The van der Waals surface area contributed by atoms with Crippen LogP contribution >= 0.6 is 0 Å². The Morgan fingerprint density at radius 3 is 1.89 bits per heavy atom. The van der Waals surface area contributed by atoms with Crippen molar-refractivity contribution >= 4 is 12.0 Å². The summed E-state index contributed by atoms with van der Waals surface area (Å²) in [5.74, 6) is 2.25. The Morgan fingerprint density at radius 2 is 1.37 bits per heavy atom. The lowest BCUT2D eigenvalue weighted by Gasteiger charge is -2.34. The van der Waals surface area contributed by atoms with Gasteiger partial charge in [0.15, 0.2) is 0 Å². The molecule has 0 atom stereocenters. The Labute approximate surface area is 162 Å². The van der Waals surface area contributed by atoms with Gasteiger partial charge in [-0.2, -0.15) is 0 Å². The predicted molar refractivity (Wildman–Crippen MR) is 106 cm³/mol. The summed E-state index contributed by atoms with van der Waals surface area (Å²) in [6.07, 6.45) is 10.1. The van der Waals surface area contributed by atoms with E-state index in [2.05, 4.69) is 10.6 Å². The zero-order valence-corrected chi connectivity index (χ0v) is 16.3. The minimum absolute atomic E-state index is 0.0927. The third-order valence-electron chi connectivity index (χ3n) is 6.04. The SMILES string of the molecule is CC(=O)NC1CCC(CC2CCC(NC(=O)Oc3ccccc3)CC2)CC1. The van der Waals surface area contributed by atoms with E-state index < -0.39 is 0 Å². The van der Waals surface area contributed by atoms with Crippen molar-refractivity contribution in [2.24, 2.45) is 11.8 Å². The second-order valence-electron chi connectivity index (χ2n) is 8.22. The van der Waals surface area contributed by atoms with E-state index in [9.17, 15) is 9.59 Å². The van der Waals surface area contributed by atoms with E-state index in [-0.39, 0.29) is 18.0 Å². The molecule has 2 saturated carbocycles. The molecule has 5 nitrogen and oxygen atoms in total. The highest BCUT2D eigenvalue weighted by atomic mass is 16.6. The molecule has 0 aliphatic heterocycles. The van der Waals surface area contributed by atoms with Crippen LogP contribution in [0.25, 0.3) is 0 Å². The van der Waals surface area contributed by atoms with Crippen molar-refractivity contribution in [2.75, 3.05) is 0 Å². The minimum Gasteiger partial charge on any atom is -0.410 e. The number of rotatable bonds is 5. The van der Waals surface area contributed by atoms with E-state index >= 15 is 0 Å². The van der Waals surface area contributed by atoms with Gasteiger partial charge in [0.1, 0.15) is 5.75 Å². The lowest BCUT2D eigenvalue weighted by atomic mass is 9.75. The number of hydrogen-bond acceptors (Lipinski definition) is 3. The van der Waals surface area contributed by atoms with Gasteiger partial charge in [-0.3, -0.25) is 4.79 Å². The molecule has 2 N–H and O–H groups in total. The molecule has 0 unspecified atom stereocenters. The molecule has 3 rings (SSSR count). The first-order valence-corrected chi connectivity index (χ1v) is 10.4. The van der Waals surface area contributed by atoms with Crippen LogP contribution in [0.3, 0.4) is 0 Å². The first-order chi connectivity index (χ1) is 13.1. The van der Waals surface area contributed by atoms with Crippen LogP contribution in [0.5, 0.6) is 5.75 Å². The van der Waals surface area contributed by atoms with Crippen molar-refractivity contribution in [1.29, 1.82) is 0 Å². The average Bonchev–Trinajstić information content (AvgIpc) is 2.65. The topological polar surface area (TPSA) is 67.4 Å². The van der Waals surface area contributed by atoms with Crippen LogP contribution in [-0.2, 0) is 4.79 Å². The summed E-state index contributed by atoms with van der Waals surface area (Å²) in [5, 5.41) is 6.07. The molecule has 5 heteroatoms. The highest BCUT2D eigenvalue weighted by Gasteiger charge is 2.27. The number of benzene rings is 1. The molecule has 0 heterocycles. The summed E-state index contributed by atoms with van der Waals surface area (Å²) in [7, 11) is 0. The van der Waals surface area contributed by atoms with Gasteiger partial charge in [-0.15, -0.1) is 0 Å². The van der Waals surface area contributed by atoms with Gasteiger partial charge in [0, 0.05) is 19.0 Å². The van der Waals surface area contributed by atoms with Crippen LogP contribution in [0.2, 0.25) is 0 Å². The summed E-state index contributed by atoms with van der Waals surface area (Å²) in [4.78, 5) is 23.2. The lowest BCUT2D eigenvalue weighted by Crippen LogP contribution is -2.39. The van der Waals surface area contributed by atoms with Gasteiger partial charge in [-0.25, -0.2) is 4.79 Å². The van der Waals surface area contributed by atoms with E-state index in [0.29, 0.717) is 11.8 Å². The predicted octanol–water partition coefficient (Wildman–Crippen LogP) is 4.42. The normalized spacial score (nSPS) is 28.2. The van der Waals surface area contributed by atoms with Gasteiger partial charge in [0.25, 0.3) is 0 Å². The Bertz CT molecular complexity index is 603. The third kappa shape index (κ3) is 6.56. The van der Waals surface area contributed by atoms with Crippen molar-refractivity contribution in [1.82, 2.24) is 10.6 Å². The number of carbonyl (C=O) groups is 2. The third-order valence-corrected chi connectivity index (χ3v) is 6.04. The fourth-order valence-corrected chi connectivity index (χ4v) is 4.64. The minimum atomic E-state index is -0.346. The Kier molecular flexibility index (Phi) is 7.13. The van der Waals surface area contributed by atoms with Crippen molar-refractivity contribution in [3.63, 3.8) is 0 Å². The van der Waals surface area contributed by atoms with Gasteiger partial charge in [-0.1, -0.05) is 18.2 Å². The fraction of sp³-hybridized carbons (Fsp3) is 0.636. The summed E-state index contributed by atoms with van der Waals surface area (Å²) >= 11 is 0. The van der Waals surface area contributed by atoms with E-state index in [1.807, 2.05) is 18.2 Å². The van der Waals surface area contributed by atoms with Crippen molar-refractivity contribution in [3.8, 4) is 5.75 Å². The number of hydrogen-bond donors (Lipinski definition) is 2. The summed E-state index contributed by atoms with van der Waals surface area (Å²) < 4.78 is 5.32. The van der Waals surface area contributed by atoms with Gasteiger partial charge < -0.3 is 15.4 Å².